The fraction of sp³-hybridized carbons (Fsp3) is 0.361. The Morgan fingerprint density at radius 2 is 1.57 bits per heavy atom. The van der Waals surface area contributed by atoms with E-state index in [2.05, 4.69) is 5.32 Å². The van der Waals surface area contributed by atoms with Gasteiger partial charge in [0.2, 0.25) is 5.91 Å². The molecule has 8 nitrogen and oxygen atoms in total. The van der Waals surface area contributed by atoms with Crippen molar-refractivity contribution in [2.24, 2.45) is 10.5 Å². The number of anilines is 1. The molecule has 0 bridgehead atoms. The summed E-state index contributed by atoms with van der Waals surface area (Å²) < 4.78 is 5.39. The molecule has 2 amide bonds. The third kappa shape index (κ3) is 8.49. The molecule has 0 radical (unpaired) electrons. The zero-order chi connectivity index (χ0) is 32.1. The molecule has 0 aliphatic carbocycles. The average molecular weight is 596 g/mol. The number of rotatable bonds is 9. The lowest BCUT2D eigenvalue weighted by molar-refractivity contribution is -0.154. The Morgan fingerprint density at radius 3 is 2.25 bits per heavy atom. The van der Waals surface area contributed by atoms with Crippen LogP contribution in [-0.4, -0.2) is 46.4 Å². The highest BCUT2D eigenvalue weighted by Crippen LogP contribution is 2.34. The minimum atomic E-state index is -0.799. The molecule has 0 aromatic heterocycles. The summed E-state index contributed by atoms with van der Waals surface area (Å²) >= 11 is 0. The van der Waals surface area contributed by atoms with Crippen molar-refractivity contribution in [3.63, 3.8) is 0 Å². The fourth-order valence-corrected chi connectivity index (χ4v) is 4.94. The number of Topliss-reactive ketones (excluding diaryl/α,β-unsaturated/α-hetero) is 1. The number of ketones is 1. The van der Waals surface area contributed by atoms with E-state index < -0.39 is 28.7 Å². The predicted molar refractivity (Wildman–Crippen MR) is 171 cm³/mol. The second kappa shape index (κ2) is 13.4. The fourth-order valence-electron chi connectivity index (χ4n) is 4.94. The molecule has 0 fully saturated rings. The Bertz CT molecular complexity index is 1560. The molecule has 1 aliphatic heterocycles. The minimum Gasteiger partial charge on any atom is -0.460 e. The molecule has 1 aliphatic rings. The molecule has 1 N–H and O–H groups in total. The second-order valence-corrected chi connectivity index (χ2v) is 13.1. The van der Waals surface area contributed by atoms with Crippen LogP contribution in [0.1, 0.15) is 82.6 Å². The van der Waals surface area contributed by atoms with Crippen LogP contribution in [0.3, 0.4) is 0 Å². The van der Waals surface area contributed by atoms with Crippen molar-refractivity contribution < 1.29 is 23.9 Å². The summed E-state index contributed by atoms with van der Waals surface area (Å²) in [6.07, 6.45) is 0.660. The predicted octanol–water partition coefficient (Wildman–Crippen LogP) is 6.28. The summed E-state index contributed by atoms with van der Waals surface area (Å²) in [6.45, 7) is 10.6. The highest BCUT2D eigenvalue weighted by atomic mass is 16.6. The summed E-state index contributed by atoms with van der Waals surface area (Å²) in [7, 11) is 0. The van der Waals surface area contributed by atoms with Crippen LogP contribution in [0.15, 0.2) is 84.0 Å². The smallest absolute Gasteiger partial charge is 0.306 e. The Labute approximate surface area is 259 Å². The summed E-state index contributed by atoms with van der Waals surface area (Å²) in [5, 5.41) is 8.79. The van der Waals surface area contributed by atoms with Gasteiger partial charge >= 0.3 is 5.97 Å². The number of hydrazone groups is 1. The van der Waals surface area contributed by atoms with Crippen LogP contribution in [0.25, 0.3) is 0 Å². The number of nitrogens with zero attached hydrogens (tertiary/aromatic N) is 2. The maximum Gasteiger partial charge on any atom is 0.306 e. The number of amides is 2. The SMILES string of the molecule is CC(C)(C)OC(=O)CCc1cccc(NC(=O)CN2N=C(c3ccccc3)c3ccccc3C(CC(=O)C(C)(C)C)C2=O)c1. The van der Waals surface area contributed by atoms with E-state index in [0.29, 0.717) is 23.4 Å². The first-order valence-electron chi connectivity index (χ1n) is 14.9. The molecule has 0 spiro atoms. The molecule has 3 aromatic rings. The number of nitrogens with one attached hydrogen (secondary N) is 1. The van der Waals surface area contributed by atoms with E-state index >= 15 is 0 Å². The monoisotopic (exact) mass is 595 g/mol. The first kappa shape index (κ1) is 32.3. The van der Waals surface area contributed by atoms with E-state index in [1.54, 1.807) is 18.2 Å². The summed E-state index contributed by atoms with van der Waals surface area (Å²) in [6, 6.07) is 24.2. The Balaban J connectivity index is 1.59. The van der Waals surface area contributed by atoms with Gasteiger partial charge in [-0.05, 0) is 50.5 Å². The quantitative estimate of drug-likeness (QED) is 0.293. The number of aryl methyl sites for hydroxylation is 1. The van der Waals surface area contributed by atoms with Crippen LogP contribution >= 0.6 is 0 Å². The lowest BCUT2D eigenvalue weighted by Gasteiger charge is -2.24. The molecule has 1 heterocycles. The highest BCUT2D eigenvalue weighted by molar-refractivity contribution is 6.16. The highest BCUT2D eigenvalue weighted by Gasteiger charge is 2.37. The number of carbonyl (C=O) groups is 4. The number of ether oxygens (including phenoxy) is 1. The van der Waals surface area contributed by atoms with Gasteiger partial charge in [0.1, 0.15) is 17.9 Å². The lowest BCUT2D eigenvalue weighted by atomic mass is 9.80. The normalized spacial score (nSPS) is 15.1. The number of carbonyl (C=O) groups excluding carboxylic acids is 4. The third-order valence-corrected chi connectivity index (χ3v) is 7.18. The van der Waals surface area contributed by atoms with Crippen molar-refractivity contribution in [2.45, 2.75) is 72.3 Å². The third-order valence-electron chi connectivity index (χ3n) is 7.18. The van der Waals surface area contributed by atoms with Crippen LogP contribution in [0.4, 0.5) is 5.69 Å². The van der Waals surface area contributed by atoms with Crippen LogP contribution in [0.2, 0.25) is 0 Å². The number of hydrogen-bond donors (Lipinski definition) is 1. The molecule has 0 saturated heterocycles. The molecule has 230 valence electrons. The largest absolute Gasteiger partial charge is 0.460 e. The molecular formula is C36H41N3O5. The molecule has 4 rings (SSSR count). The molecule has 8 heteroatoms. The average Bonchev–Trinajstić information content (AvgIpc) is 3.06. The first-order chi connectivity index (χ1) is 20.7. The van der Waals surface area contributed by atoms with Gasteiger partial charge in [0.05, 0.1) is 11.6 Å². The molecular weight excluding hydrogens is 554 g/mol. The van der Waals surface area contributed by atoms with E-state index in [4.69, 9.17) is 9.84 Å². The number of fused-ring (bicyclic) bond motifs is 1. The molecule has 1 atom stereocenters. The summed E-state index contributed by atoms with van der Waals surface area (Å²) in [4.78, 5) is 52.8. The molecule has 1 unspecified atom stereocenters. The van der Waals surface area contributed by atoms with Gasteiger partial charge < -0.3 is 10.1 Å². The van der Waals surface area contributed by atoms with E-state index in [0.717, 1.165) is 16.7 Å². The van der Waals surface area contributed by atoms with Gasteiger partial charge in [-0.2, -0.15) is 5.10 Å². The standard InChI is InChI=1S/C36H41N3O5/c1-35(2,3)30(40)22-29-27-17-10-11-18-28(27)33(25-14-8-7-9-15-25)38-39(34(29)43)23-31(41)37-26-16-12-13-24(21-26)19-20-32(42)44-36(4,5)6/h7-18,21,29H,19-20,22-23H2,1-6H3,(H,37,41). The van der Waals surface area contributed by atoms with Crippen LogP contribution in [-0.2, 0) is 30.3 Å². The Morgan fingerprint density at radius 1 is 0.886 bits per heavy atom. The number of esters is 1. The van der Waals surface area contributed by atoms with Gasteiger partial charge in [0, 0.05) is 35.1 Å². The van der Waals surface area contributed by atoms with Crippen molar-refractivity contribution >= 4 is 35.0 Å². The van der Waals surface area contributed by atoms with Crippen molar-refractivity contribution in [1.29, 1.82) is 0 Å². The zero-order valence-corrected chi connectivity index (χ0v) is 26.3. The van der Waals surface area contributed by atoms with Crippen molar-refractivity contribution in [3.8, 4) is 0 Å². The Hall–Kier alpha value is -4.59. The maximum absolute atomic E-state index is 14.1. The van der Waals surface area contributed by atoms with E-state index in [1.165, 1.54) is 5.01 Å². The van der Waals surface area contributed by atoms with Gasteiger partial charge in [0.25, 0.3) is 5.91 Å². The molecule has 0 saturated carbocycles. The van der Waals surface area contributed by atoms with Gasteiger partial charge in [-0.3, -0.25) is 19.2 Å². The lowest BCUT2D eigenvalue weighted by Crippen LogP contribution is -2.38. The van der Waals surface area contributed by atoms with Gasteiger partial charge in [-0.15, -0.1) is 0 Å². The van der Waals surface area contributed by atoms with Gasteiger partial charge in [-0.1, -0.05) is 87.5 Å². The maximum atomic E-state index is 14.1. The topological polar surface area (TPSA) is 105 Å². The van der Waals surface area contributed by atoms with Gasteiger partial charge in [-0.25, -0.2) is 5.01 Å². The summed E-state index contributed by atoms with van der Waals surface area (Å²) in [5.41, 5.74) is 3.00. The Kier molecular flexibility index (Phi) is 9.82. The minimum absolute atomic E-state index is 0.00521. The van der Waals surface area contributed by atoms with Crippen molar-refractivity contribution in [3.05, 3.63) is 101 Å². The van der Waals surface area contributed by atoms with Crippen molar-refractivity contribution in [2.75, 3.05) is 11.9 Å². The first-order valence-corrected chi connectivity index (χ1v) is 14.9. The van der Waals surface area contributed by atoms with E-state index in [9.17, 15) is 19.2 Å². The number of benzene rings is 3. The van der Waals surface area contributed by atoms with E-state index in [1.807, 2.05) is 102 Å². The molecule has 44 heavy (non-hydrogen) atoms. The second-order valence-electron chi connectivity index (χ2n) is 13.1. The number of hydrogen-bond acceptors (Lipinski definition) is 6. The van der Waals surface area contributed by atoms with Gasteiger partial charge in [0.15, 0.2) is 0 Å². The summed E-state index contributed by atoms with van der Waals surface area (Å²) in [5.74, 6) is -2.00. The van der Waals surface area contributed by atoms with Crippen molar-refractivity contribution in [1.82, 2.24) is 5.01 Å². The van der Waals surface area contributed by atoms with E-state index in [-0.39, 0.29) is 31.1 Å². The zero-order valence-electron chi connectivity index (χ0n) is 26.3. The van der Waals surface area contributed by atoms with Crippen LogP contribution in [0, 0.1) is 5.41 Å². The molecule has 3 aromatic carbocycles. The van der Waals surface area contributed by atoms with Crippen LogP contribution < -0.4 is 5.32 Å². The van der Waals surface area contributed by atoms with Crippen LogP contribution in [0.5, 0.6) is 0 Å².